The predicted octanol–water partition coefficient (Wildman–Crippen LogP) is 2.52. The largest absolute Gasteiger partial charge is 0.463 e. The number of halogens is 2. The monoisotopic (exact) mass is 217 g/mol. The van der Waals surface area contributed by atoms with Gasteiger partial charge in [-0.2, -0.15) is 0 Å². The fourth-order valence-electron chi connectivity index (χ4n) is 0.902. The molecule has 0 fully saturated rings. The van der Waals surface area contributed by atoms with Gasteiger partial charge >= 0.3 is 6.09 Å². The second kappa shape index (κ2) is 4.06. The van der Waals surface area contributed by atoms with E-state index in [-0.39, 0.29) is 16.3 Å². The quantitative estimate of drug-likeness (QED) is 0.612. The predicted molar refractivity (Wildman–Crippen MR) is 48.5 cm³/mol. The standard InChI is InChI=1S/C8H5ClFNO3/c9-6-1-2-7(5(3-6)4-12)11(10)8(13)14/h1-4H,(H,13,14). The Balaban J connectivity index is 3.20. The highest BCUT2D eigenvalue weighted by Gasteiger charge is 2.17. The maximum absolute atomic E-state index is 12.9. The summed E-state index contributed by atoms with van der Waals surface area (Å²) in [5.74, 6) is 0. The van der Waals surface area contributed by atoms with E-state index in [1.807, 2.05) is 0 Å². The van der Waals surface area contributed by atoms with Gasteiger partial charge in [0.25, 0.3) is 0 Å². The zero-order valence-corrected chi connectivity index (χ0v) is 7.53. The Kier molecular flexibility index (Phi) is 3.03. The second-order valence-corrected chi connectivity index (χ2v) is 2.82. The molecule has 14 heavy (non-hydrogen) atoms. The van der Waals surface area contributed by atoms with Crippen molar-refractivity contribution in [2.75, 3.05) is 5.12 Å². The van der Waals surface area contributed by atoms with Crippen molar-refractivity contribution in [3.63, 3.8) is 0 Å². The highest BCUT2D eigenvalue weighted by atomic mass is 35.5. The van der Waals surface area contributed by atoms with Crippen LogP contribution < -0.4 is 5.12 Å². The van der Waals surface area contributed by atoms with Crippen molar-refractivity contribution >= 4 is 29.7 Å². The van der Waals surface area contributed by atoms with Crippen molar-refractivity contribution in [1.82, 2.24) is 0 Å². The molecule has 0 radical (unpaired) electrons. The van der Waals surface area contributed by atoms with E-state index in [4.69, 9.17) is 16.7 Å². The van der Waals surface area contributed by atoms with Crippen LogP contribution >= 0.6 is 11.6 Å². The van der Waals surface area contributed by atoms with Gasteiger partial charge in [0.2, 0.25) is 0 Å². The molecule has 0 atom stereocenters. The van der Waals surface area contributed by atoms with E-state index in [2.05, 4.69) is 0 Å². The number of rotatable bonds is 2. The number of carboxylic acid groups (broad SMARTS) is 1. The molecular formula is C8H5ClFNO3. The molecule has 0 spiro atoms. The third-order valence-electron chi connectivity index (χ3n) is 1.50. The highest BCUT2D eigenvalue weighted by molar-refractivity contribution is 6.31. The summed E-state index contributed by atoms with van der Waals surface area (Å²) in [4.78, 5) is 20.7. The SMILES string of the molecule is O=Cc1cc(Cl)ccc1N(F)C(=O)O. The number of carbonyl (C=O) groups excluding carboxylic acids is 1. The first-order valence-corrected chi connectivity index (χ1v) is 3.87. The number of amides is 1. The Morgan fingerprint density at radius 2 is 2.21 bits per heavy atom. The Morgan fingerprint density at radius 1 is 1.57 bits per heavy atom. The van der Waals surface area contributed by atoms with Crippen molar-refractivity contribution < 1.29 is 19.2 Å². The first-order valence-electron chi connectivity index (χ1n) is 3.50. The number of nitrogens with zero attached hydrogens (tertiary/aromatic N) is 1. The molecule has 0 heterocycles. The summed E-state index contributed by atoms with van der Waals surface area (Å²) in [6.07, 6.45) is -1.47. The number of anilines is 1. The van der Waals surface area contributed by atoms with Gasteiger partial charge in [-0.3, -0.25) is 4.79 Å². The maximum Gasteiger partial charge on any atom is 0.440 e. The number of aldehydes is 1. The van der Waals surface area contributed by atoms with Crippen LogP contribution in [0.2, 0.25) is 5.02 Å². The molecule has 0 aromatic heterocycles. The lowest BCUT2D eigenvalue weighted by Crippen LogP contribution is -2.20. The van der Waals surface area contributed by atoms with E-state index in [0.717, 1.165) is 6.07 Å². The van der Waals surface area contributed by atoms with E-state index in [0.29, 0.717) is 6.29 Å². The average molecular weight is 218 g/mol. The molecule has 4 nitrogen and oxygen atoms in total. The molecule has 1 N–H and O–H groups in total. The van der Waals surface area contributed by atoms with Crippen molar-refractivity contribution in [2.45, 2.75) is 0 Å². The van der Waals surface area contributed by atoms with Crippen LogP contribution in [-0.2, 0) is 0 Å². The van der Waals surface area contributed by atoms with Crippen LogP contribution in [0.15, 0.2) is 18.2 Å². The van der Waals surface area contributed by atoms with E-state index in [1.165, 1.54) is 12.1 Å². The minimum Gasteiger partial charge on any atom is -0.463 e. The van der Waals surface area contributed by atoms with Crippen LogP contribution in [-0.4, -0.2) is 17.5 Å². The van der Waals surface area contributed by atoms with Gasteiger partial charge in [0.1, 0.15) is 0 Å². The van der Waals surface area contributed by atoms with E-state index >= 15 is 0 Å². The van der Waals surface area contributed by atoms with E-state index in [9.17, 15) is 14.1 Å². The molecule has 6 heteroatoms. The van der Waals surface area contributed by atoms with Crippen molar-refractivity contribution in [3.8, 4) is 0 Å². The fraction of sp³-hybridized carbons (Fsp3) is 0. The molecule has 0 saturated carbocycles. The maximum atomic E-state index is 12.9. The molecule has 0 aliphatic carbocycles. The molecule has 0 bridgehead atoms. The zero-order valence-electron chi connectivity index (χ0n) is 6.78. The summed E-state index contributed by atoms with van der Waals surface area (Å²) >= 11 is 5.53. The Bertz CT molecular complexity index is 383. The first-order chi connectivity index (χ1) is 6.56. The van der Waals surface area contributed by atoms with Gasteiger partial charge in [-0.25, -0.2) is 4.79 Å². The zero-order chi connectivity index (χ0) is 10.7. The van der Waals surface area contributed by atoms with Gasteiger partial charge in [0.15, 0.2) is 6.29 Å². The van der Waals surface area contributed by atoms with Crippen LogP contribution in [0.25, 0.3) is 0 Å². The smallest absolute Gasteiger partial charge is 0.440 e. The summed E-state index contributed by atoms with van der Waals surface area (Å²) in [5.41, 5.74) is -0.473. The minimum absolute atomic E-state index is 0.123. The summed E-state index contributed by atoms with van der Waals surface area (Å²) < 4.78 is 12.9. The fourth-order valence-corrected chi connectivity index (χ4v) is 1.08. The van der Waals surface area contributed by atoms with Gasteiger partial charge < -0.3 is 5.11 Å². The van der Waals surface area contributed by atoms with Crippen molar-refractivity contribution in [3.05, 3.63) is 28.8 Å². The Labute approximate surface area is 83.4 Å². The number of hydrogen-bond acceptors (Lipinski definition) is 2. The molecule has 74 valence electrons. The lowest BCUT2D eigenvalue weighted by atomic mass is 10.2. The Morgan fingerprint density at radius 3 is 2.71 bits per heavy atom. The van der Waals surface area contributed by atoms with Gasteiger partial charge in [0, 0.05) is 10.6 Å². The summed E-state index contributed by atoms with van der Waals surface area (Å²) in [7, 11) is 0. The second-order valence-electron chi connectivity index (χ2n) is 2.38. The number of carbonyl (C=O) groups is 2. The normalized spacial score (nSPS) is 9.57. The molecule has 0 aliphatic heterocycles. The topological polar surface area (TPSA) is 57.6 Å². The third kappa shape index (κ3) is 2.00. The number of hydrogen-bond donors (Lipinski definition) is 1. The molecule has 0 saturated heterocycles. The average Bonchev–Trinajstić information content (AvgIpc) is 2.16. The lowest BCUT2D eigenvalue weighted by Gasteiger charge is -2.09. The van der Waals surface area contributed by atoms with Gasteiger partial charge in [-0.1, -0.05) is 16.1 Å². The van der Waals surface area contributed by atoms with Crippen molar-refractivity contribution in [2.24, 2.45) is 0 Å². The van der Waals surface area contributed by atoms with Crippen LogP contribution in [0.4, 0.5) is 15.0 Å². The van der Waals surface area contributed by atoms with Crippen molar-refractivity contribution in [1.29, 1.82) is 0 Å². The summed E-state index contributed by atoms with van der Waals surface area (Å²) in [5, 5.41) is 8.02. The molecule has 1 amide bonds. The van der Waals surface area contributed by atoms with Crippen LogP contribution in [0, 0.1) is 0 Å². The van der Waals surface area contributed by atoms with Gasteiger partial charge in [0.05, 0.1) is 5.69 Å². The minimum atomic E-state index is -1.80. The van der Waals surface area contributed by atoms with Gasteiger partial charge in [-0.15, -0.1) is 5.12 Å². The third-order valence-corrected chi connectivity index (χ3v) is 1.73. The molecule has 1 aromatic rings. The lowest BCUT2D eigenvalue weighted by molar-refractivity contribution is 0.112. The first kappa shape index (κ1) is 10.5. The van der Waals surface area contributed by atoms with E-state index in [1.54, 1.807) is 0 Å². The summed E-state index contributed by atoms with van der Waals surface area (Å²) in [6, 6.07) is 3.58. The van der Waals surface area contributed by atoms with Gasteiger partial charge in [-0.05, 0) is 18.2 Å². The Hall–Kier alpha value is -1.62. The number of benzene rings is 1. The van der Waals surface area contributed by atoms with Crippen LogP contribution in [0.5, 0.6) is 0 Å². The highest BCUT2D eigenvalue weighted by Crippen LogP contribution is 2.23. The molecule has 1 aromatic carbocycles. The molecule has 1 rings (SSSR count). The van der Waals surface area contributed by atoms with Crippen LogP contribution in [0.1, 0.15) is 10.4 Å². The summed E-state index contributed by atoms with van der Waals surface area (Å²) in [6.45, 7) is 0. The molecule has 0 unspecified atom stereocenters. The molecular weight excluding hydrogens is 213 g/mol. The van der Waals surface area contributed by atoms with Crippen LogP contribution in [0.3, 0.4) is 0 Å². The van der Waals surface area contributed by atoms with E-state index < -0.39 is 11.2 Å². The molecule has 0 aliphatic rings.